The van der Waals surface area contributed by atoms with E-state index in [1.165, 1.54) is 14.0 Å². The van der Waals surface area contributed by atoms with E-state index < -0.39 is 11.6 Å². The normalized spacial score (nSPS) is 14.4. The number of hydrogen-bond donors (Lipinski definition) is 0. The van der Waals surface area contributed by atoms with Gasteiger partial charge in [-0.15, -0.1) is 0 Å². The number of alkyl halides is 2. The van der Waals surface area contributed by atoms with Crippen LogP contribution in [0.5, 0.6) is 0 Å². The molecule has 0 aromatic heterocycles. The molecule has 2 nitrogen and oxygen atoms in total. The van der Waals surface area contributed by atoms with Gasteiger partial charge < -0.3 is 4.74 Å². The van der Waals surface area contributed by atoms with Crippen LogP contribution in [-0.4, -0.2) is 18.4 Å². The van der Waals surface area contributed by atoms with Gasteiger partial charge in [0.25, 0.3) is 0 Å². The molecule has 0 N–H and O–H groups in total. The Bertz CT molecular complexity index is 346. The molecule has 1 atom stereocenters. The van der Waals surface area contributed by atoms with Gasteiger partial charge in [-0.1, -0.05) is 28.1 Å². The minimum Gasteiger partial charge on any atom is -0.465 e. The summed E-state index contributed by atoms with van der Waals surface area (Å²) >= 11 is 3.10. The third kappa shape index (κ3) is 2.78. The molecule has 0 saturated heterocycles. The van der Waals surface area contributed by atoms with Gasteiger partial charge in [0.15, 0.2) is 0 Å². The molecule has 0 aliphatic carbocycles. The van der Waals surface area contributed by atoms with Crippen LogP contribution in [-0.2, 0) is 10.4 Å². The van der Waals surface area contributed by atoms with Crippen molar-refractivity contribution < 1.29 is 13.9 Å². The number of hydrogen-bond acceptors (Lipinski definition) is 2. The molecule has 1 unspecified atom stereocenters. The Labute approximate surface area is 96.6 Å². The highest BCUT2D eigenvalue weighted by atomic mass is 79.9. The summed E-state index contributed by atoms with van der Waals surface area (Å²) in [5.74, 6) is -0.416. The van der Waals surface area contributed by atoms with Gasteiger partial charge in [-0.3, -0.25) is 0 Å². The lowest BCUT2D eigenvalue weighted by Crippen LogP contribution is -2.16. The minimum absolute atomic E-state index is 0.220. The molecule has 15 heavy (non-hydrogen) atoms. The SMILES string of the molecule is COC(=O)c1ccc(C(C)(F)CBr)cc1. The van der Waals surface area contributed by atoms with Crippen molar-refractivity contribution in [2.24, 2.45) is 0 Å². The number of carbonyl (C=O) groups excluding carboxylic acids is 1. The summed E-state index contributed by atoms with van der Waals surface area (Å²) in [6.45, 7) is 1.48. The van der Waals surface area contributed by atoms with Crippen molar-refractivity contribution in [3.63, 3.8) is 0 Å². The van der Waals surface area contributed by atoms with Crippen LogP contribution in [0.2, 0.25) is 0 Å². The molecule has 0 radical (unpaired) electrons. The Morgan fingerprint density at radius 2 is 2.00 bits per heavy atom. The number of benzene rings is 1. The summed E-state index contributed by atoms with van der Waals surface area (Å²) in [6.07, 6.45) is 0. The monoisotopic (exact) mass is 274 g/mol. The van der Waals surface area contributed by atoms with E-state index in [4.69, 9.17) is 0 Å². The molecule has 82 valence electrons. The molecule has 0 saturated carbocycles. The van der Waals surface area contributed by atoms with Crippen LogP contribution in [0.15, 0.2) is 24.3 Å². The topological polar surface area (TPSA) is 26.3 Å². The summed E-state index contributed by atoms with van der Waals surface area (Å²) in [5, 5.41) is 0.220. The first-order valence-corrected chi connectivity index (χ1v) is 5.57. The lowest BCUT2D eigenvalue weighted by Gasteiger charge is -2.17. The van der Waals surface area contributed by atoms with Crippen LogP contribution in [0, 0.1) is 0 Å². The summed E-state index contributed by atoms with van der Waals surface area (Å²) in [6, 6.07) is 6.30. The average Bonchev–Trinajstić information content (AvgIpc) is 2.28. The van der Waals surface area contributed by atoms with Crippen LogP contribution >= 0.6 is 15.9 Å². The van der Waals surface area contributed by atoms with Gasteiger partial charge in [0.1, 0.15) is 5.67 Å². The number of ether oxygens (including phenoxy) is 1. The largest absolute Gasteiger partial charge is 0.465 e. The third-order valence-electron chi connectivity index (χ3n) is 2.16. The number of carbonyl (C=O) groups is 1. The molecule has 1 aromatic carbocycles. The minimum atomic E-state index is -1.42. The highest BCUT2D eigenvalue weighted by Gasteiger charge is 2.24. The van der Waals surface area contributed by atoms with E-state index in [0.717, 1.165) is 0 Å². The molecule has 0 fully saturated rings. The fourth-order valence-electron chi connectivity index (χ4n) is 1.15. The second kappa shape index (κ2) is 4.75. The van der Waals surface area contributed by atoms with Crippen LogP contribution < -0.4 is 0 Å². The fourth-order valence-corrected chi connectivity index (χ4v) is 1.47. The highest BCUT2D eigenvalue weighted by Crippen LogP contribution is 2.27. The van der Waals surface area contributed by atoms with E-state index in [1.54, 1.807) is 24.3 Å². The lowest BCUT2D eigenvalue weighted by atomic mass is 9.99. The lowest BCUT2D eigenvalue weighted by molar-refractivity contribution is 0.0600. The molecule has 0 spiro atoms. The summed E-state index contributed by atoms with van der Waals surface area (Å²) in [7, 11) is 1.31. The smallest absolute Gasteiger partial charge is 0.337 e. The van der Waals surface area contributed by atoms with Crippen molar-refractivity contribution in [3.8, 4) is 0 Å². The van der Waals surface area contributed by atoms with Gasteiger partial charge in [-0.25, -0.2) is 9.18 Å². The second-order valence-corrected chi connectivity index (χ2v) is 3.96. The van der Waals surface area contributed by atoms with E-state index >= 15 is 0 Å². The first kappa shape index (κ1) is 12.2. The molecule has 1 aromatic rings. The van der Waals surface area contributed by atoms with E-state index in [1.807, 2.05) is 0 Å². The van der Waals surface area contributed by atoms with Crippen molar-refractivity contribution in [2.45, 2.75) is 12.6 Å². The summed E-state index contributed by atoms with van der Waals surface area (Å²) in [5.41, 5.74) is -0.465. The van der Waals surface area contributed by atoms with Gasteiger partial charge in [0.05, 0.1) is 12.7 Å². The predicted molar refractivity (Wildman–Crippen MR) is 60.0 cm³/mol. The van der Waals surface area contributed by atoms with Crippen LogP contribution in [0.4, 0.5) is 4.39 Å². The standard InChI is InChI=1S/C11H12BrFO2/c1-11(13,7-12)9-5-3-8(4-6-9)10(14)15-2/h3-6H,7H2,1-2H3. The van der Waals surface area contributed by atoms with Gasteiger partial charge in [-0.2, -0.15) is 0 Å². The molecule has 0 bridgehead atoms. The molecular weight excluding hydrogens is 263 g/mol. The maximum Gasteiger partial charge on any atom is 0.337 e. The molecule has 0 aliphatic rings. The third-order valence-corrected chi connectivity index (χ3v) is 3.21. The Morgan fingerprint density at radius 1 is 1.47 bits per heavy atom. The molecule has 4 heteroatoms. The van der Waals surface area contributed by atoms with Gasteiger partial charge in [0.2, 0.25) is 0 Å². The van der Waals surface area contributed by atoms with Crippen molar-refractivity contribution >= 4 is 21.9 Å². The quantitative estimate of drug-likeness (QED) is 0.626. The zero-order valence-electron chi connectivity index (χ0n) is 8.59. The van der Waals surface area contributed by atoms with Crippen LogP contribution in [0.3, 0.4) is 0 Å². The zero-order chi connectivity index (χ0) is 11.5. The fraction of sp³-hybridized carbons (Fsp3) is 0.364. The zero-order valence-corrected chi connectivity index (χ0v) is 10.2. The highest BCUT2D eigenvalue weighted by molar-refractivity contribution is 9.09. The predicted octanol–water partition coefficient (Wildman–Crippen LogP) is 3.05. The van der Waals surface area contributed by atoms with Crippen LogP contribution in [0.1, 0.15) is 22.8 Å². The van der Waals surface area contributed by atoms with Crippen molar-refractivity contribution in [2.75, 3.05) is 12.4 Å². The van der Waals surface area contributed by atoms with Crippen molar-refractivity contribution in [1.82, 2.24) is 0 Å². The Balaban J connectivity index is 2.95. The summed E-state index contributed by atoms with van der Waals surface area (Å²) < 4.78 is 18.3. The van der Waals surface area contributed by atoms with E-state index in [-0.39, 0.29) is 5.33 Å². The molecule has 1 rings (SSSR count). The number of esters is 1. The van der Waals surface area contributed by atoms with E-state index in [9.17, 15) is 9.18 Å². The number of rotatable bonds is 3. The number of methoxy groups -OCH3 is 1. The van der Waals surface area contributed by atoms with E-state index in [0.29, 0.717) is 11.1 Å². The second-order valence-electron chi connectivity index (χ2n) is 3.40. The van der Waals surface area contributed by atoms with Crippen molar-refractivity contribution in [3.05, 3.63) is 35.4 Å². The first-order valence-electron chi connectivity index (χ1n) is 4.45. The van der Waals surface area contributed by atoms with Crippen LogP contribution in [0.25, 0.3) is 0 Å². The average molecular weight is 275 g/mol. The van der Waals surface area contributed by atoms with Crippen molar-refractivity contribution in [1.29, 1.82) is 0 Å². The Hall–Kier alpha value is -0.900. The van der Waals surface area contributed by atoms with E-state index in [2.05, 4.69) is 20.7 Å². The van der Waals surface area contributed by atoms with Gasteiger partial charge in [-0.05, 0) is 24.6 Å². The van der Waals surface area contributed by atoms with Gasteiger partial charge >= 0.3 is 5.97 Å². The molecule has 0 amide bonds. The molecular formula is C11H12BrFO2. The van der Waals surface area contributed by atoms with Gasteiger partial charge in [0, 0.05) is 5.33 Å². The maximum absolute atomic E-state index is 13.8. The Morgan fingerprint density at radius 3 is 2.40 bits per heavy atom. The Kier molecular flexibility index (Phi) is 3.85. The molecule has 0 heterocycles. The first-order chi connectivity index (χ1) is 7.01. The summed E-state index contributed by atoms with van der Waals surface area (Å²) in [4.78, 5) is 11.1. The maximum atomic E-state index is 13.8. The molecule has 0 aliphatic heterocycles. The number of halogens is 2.